The van der Waals surface area contributed by atoms with Gasteiger partial charge in [0.2, 0.25) is 5.82 Å². The first-order valence-electron chi connectivity index (χ1n) is 12.2. The summed E-state index contributed by atoms with van der Waals surface area (Å²) in [7, 11) is 0. The summed E-state index contributed by atoms with van der Waals surface area (Å²) >= 11 is 0. The molecule has 0 bridgehead atoms. The minimum Gasteiger partial charge on any atom is -0.486 e. The first-order valence-corrected chi connectivity index (χ1v) is 12.2. The lowest BCUT2D eigenvalue weighted by Crippen LogP contribution is -2.16. The van der Waals surface area contributed by atoms with E-state index in [0.29, 0.717) is 44.1 Å². The Balaban J connectivity index is 1.43. The second-order valence-electron chi connectivity index (χ2n) is 9.48. The van der Waals surface area contributed by atoms with Crippen LogP contribution in [0, 0.1) is 41.8 Å². The zero-order valence-electron chi connectivity index (χ0n) is 20.2. The summed E-state index contributed by atoms with van der Waals surface area (Å²) in [5.41, 5.74) is 0.898. The van der Waals surface area contributed by atoms with Crippen LogP contribution in [0.1, 0.15) is 78.7 Å². The Bertz CT molecular complexity index is 1250. The van der Waals surface area contributed by atoms with Gasteiger partial charge in [-0.2, -0.15) is 4.39 Å². The average Bonchev–Trinajstić information content (AvgIpc) is 2.88. The van der Waals surface area contributed by atoms with Crippen molar-refractivity contribution >= 4 is 0 Å². The Kier molecular flexibility index (Phi) is 7.96. The van der Waals surface area contributed by atoms with Crippen molar-refractivity contribution in [1.82, 2.24) is 0 Å². The minimum atomic E-state index is -1.15. The van der Waals surface area contributed by atoms with Gasteiger partial charge >= 0.3 is 0 Å². The highest BCUT2D eigenvalue weighted by Crippen LogP contribution is 2.42. The topological polar surface area (TPSA) is 9.23 Å². The third-order valence-electron chi connectivity index (χ3n) is 7.13. The monoisotopic (exact) mass is 506 g/mol. The lowest BCUT2D eigenvalue weighted by Gasteiger charge is -2.30. The van der Waals surface area contributed by atoms with Crippen LogP contribution >= 0.6 is 0 Å². The molecule has 36 heavy (non-hydrogen) atoms. The van der Waals surface area contributed by atoms with E-state index in [1.807, 2.05) is 6.92 Å². The fourth-order valence-electron chi connectivity index (χ4n) is 5.02. The molecule has 1 fully saturated rings. The smallest absolute Gasteiger partial charge is 0.200 e. The Morgan fingerprint density at radius 3 is 1.78 bits per heavy atom. The van der Waals surface area contributed by atoms with Gasteiger partial charge in [-0.3, -0.25) is 0 Å². The second-order valence-corrected chi connectivity index (χ2v) is 9.48. The molecule has 0 aliphatic heterocycles. The molecule has 1 aliphatic carbocycles. The van der Waals surface area contributed by atoms with Crippen LogP contribution < -0.4 is 4.74 Å². The highest BCUT2D eigenvalue weighted by Gasteiger charge is 2.29. The van der Waals surface area contributed by atoms with Crippen molar-refractivity contribution < 1.29 is 31.1 Å². The predicted molar refractivity (Wildman–Crippen MR) is 126 cm³/mol. The van der Waals surface area contributed by atoms with Gasteiger partial charge in [-0.1, -0.05) is 43.7 Å². The standard InChI is InChI=1S/C29H28F6O/c1-3-4-19-11-14-23(29(35)25(19)31)36-15-20-10-13-22(28(34)26(20)32)18-8-6-17(7-9-18)21-12-5-16(2)24(30)27(21)33/h5,10-14,17-18H,3-4,6-9,15H2,1-2H3. The van der Waals surface area contributed by atoms with Gasteiger partial charge in [0.15, 0.2) is 34.8 Å². The Morgan fingerprint density at radius 1 is 0.639 bits per heavy atom. The Labute approximate surface area is 207 Å². The number of ether oxygens (including phenoxy) is 1. The van der Waals surface area contributed by atoms with Crippen molar-refractivity contribution in [3.63, 3.8) is 0 Å². The van der Waals surface area contributed by atoms with E-state index in [4.69, 9.17) is 4.74 Å². The highest BCUT2D eigenvalue weighted by atomic mass is 19.2. The zero-order valence-corrected chi connectivity index (χ0v) is 20.2. The second kappa shape index (κ2) is 11.0. The van der Waals surface area contributed by atoms with Crippen LogP contribution in [0.5, 0.6) is 5.75 Å². The van der Waals surface area contributed by atoms with Crippen LogP contribution in [0.25, 0.3) is 0 Å². The van der Waals surface area contributed by atoms with Crippen molar-refractivity contribution in [2.24, 2.45) is 0 Å². The van der Waals surface area contributed by atoms with Gasteiger partial charge in [-0.05, 0) is 79.2 Å². The van der Waals surface area contributed by atoms with E-state index in [2.05, 4.69) is 0 Å². The lowest BCUT2D eigenvalue weighted by atomic mass is 9.75. The summed E-state index contributed by atoms with van der Waals surface area (Å²) in [6.07, 6.45) is 3.07. The maximum atomic E-state index is 15.0. The molecule has 4 rings (SSSR count). The van der Waals surface area contributed by atoms with Gasteiger partial charge in [0.25, 0.3) is 0 Å². The van der Waals surface area contributed by atoms with Crippen LogP contribution in [0.2, 0.25) is 0 Å². The molecule has 3 aromatic rings. The quantitative estimate of drug-likeness (QED) is 0.291. The van der Waals surface area contributed by atoms with Crippen molar-refractivity contribution in [2.45, 2.75) is 70.8 Å². The molecule has 192 valence electrons. The fourth-order valence-corrected chi connectivity index (χ4v) is 5.02. The largest absolute Gasteiger partial charge is 0.486 e. The molecule has 0 atom stereocenters. The fraction of sp³-hybridized carbons (Fsp3) is 0.379. The van der Waals surface area contributed by atoms with E-state index < -0.39 is 41.5 Å². The van der Waals surface area contributed by atoms with Crippen molar-refractivity contribution in [3.05, 3.63) is 99.1 Å². The molecule has 7 heteroatoms. The minimum absolute atomic E-state index is 0.111. The molecule has 0 spiro atoms. The molecule has 0 N–H and O–H groups in total. The zero-order chi connectivity index (χ0) is 26.0. The number of halogens is 6. The molecule has 3 aromatic carbocycles. The molecule has 0 saturated heterocycles. The van der Waals surface area contributed by atoms with Crippen LogP contribution in [-0.4, -0.2) is 0 Å². The number of aryl methyl sites for hydroxylation is 2. The lowest BCUT2D eigenvalue weighted by molar-refractivity contribution is 0.276. The van der Waals surface area contributed by atoms with Gasteiger partial charge in [0, 0.05) is 5.56 Å². The summed E-state index contributed by atoms with van der Waals surface area (Å²) < 4.78 is 91.8. The number of hydrogen-bond acceptors (Lipinski definition) is 1. The number of benzene rings is 3. The van der Waals surface area contributed by atoms with Gasteiger partial charge in [0.05, 0.1) is 0 Å². The van der Waals surface area contributed by atoms with E-state index in [9.17, 15) is 26.3 Å². The van der Waals surface area contributed by atoms with Crippen LogP contribution in [0.15, 0.2) is 36.4 Å². The maximum absolute atomic E-state index is 15.0. The van der Waals surface area contributed by atoms with E-state index in [1.165, 1.54) is 31.2 Å². The van der Waals surface area contributed by atoms with Crippen LogP contribution in [0.3, 0.4) is 0 Å². The van der Waals surface area contributed by atoms with Gasteiger partial charge in [-0.15, -0.1) is 0 Å². The molecule has 0 aromatic heterocycles. The normalized spacial score (nSPS) is 17.9. The van der Waals surface area contributed by atoms with Gasteiger partial charge in [-0.25, -0.2) is 22.0 Å². The molecular weight excluding hydrogens is 478 g/mol. The van der Waals surface area contributed by atoms with E-state index in [0.717, 1.165) is 0 Å². The van der Waals surface area contributed by atoms with Crippen molar-refractivity contribution in [2.75, 3.05) is 0 Å². The number of hydrogen-bond donors (Lipinski definition) is 0. The van der Waals surface area contributed by atoms with E-state index >= 15 is 0 Å². The van der Waals surface area contributed by atoms with Crippen LogP contribution in [-0.2, 0) is 13.0 Å². The van der Waals surface area contributed by atoms with Crippen molar-refractivity contribution in [1.29, 1.82) is 0 Å². The van der Waals surface area contributed by atoms with Crippen molar-refractivity contribution in [3.8, 4) is 5.75 Å². The Morgan fingerprint density at radius 2 is 1.17 bits per heavy atom. The molecule has 0 amide bonds. The SMILES string of the molecule is CCCc1ccc(OCc2ccc(C3CCC(c4ccc(C)c(F)c4F)CC3)c(F)c2F)c(F)c1F. The van der Waals surface area contributed by atoms with E-state index in [-0.39, 0.29) is 39.8 Å². The molecule has 0 radical (unpaired) electrons. The summed E-state index contributed by atoms with van der Waals surface area (Å²) in [5, 5.41) is 0. The van der Waals surface area contributed by atoms with Crippen LogP contribution in [0.4, 0.5) is 26.3 Å². The predicted octanol–water partition coefficient (Wildman–Crippen LogP) is 8.80. The molecular formula is C29H28F6O. The molecule has 1 nitrogen and oxygen atoms in total. The number of rotatable bonds is 7. The summed E-state index contributed by atoms with van der Waals surface area (Å²) in [6.45, 7) is 2.89. The first kappa shape index (κ1) is 26.1. The molecule has 0 heterocycles. The molecule has 0 unspecified atom stereocenters. The molecule has 1 saturated carbocycles. The Hall–Kier alpha value is -2.96. The van der Waals surface area contributed by atoms with Gasteiger partial charge in [0.1, 0.15) is 6.61 Å². The highest BCUT2D eigenvalue weighted by molar-refractivity contribution is 5.34. The third-order valence-corrected chi connectivity index (χ3v) is 7.13. The third kappa shape index (κ3) is 5.11. The summed E-state index contributed by atoms with van der Waals surface area (Å²) in [5.74, 6) is -6.74. The van der Waals surface area contributed by atoms with E-state index in [1.54, 1.807) is 12.1 Å². The average molecular weight is 507 g/mol. The summed E-state index contributed by atoms with van der Waals surface area (Å²) in [4.78, 5) is 0. The summed E-state index contributed by atoms with van der Waals surface area (Å²) in [6, 6.07) is 8.72. The first-order chi connectivity index (χ1) is 17.2. The van der Waals surface area contributed by atoms with Gasteiger partial charge < -0.3 is 4.74 Å². The maximum Gasteiger partial charge on any atom is 0.200 e. The molecule has 1 aliphatic rings.